The van der Waals surface area contributed by atoms with Crippen LogP contribution in [0.2, 0.25) is 0 Å². The van der Waals surface area contributed by atoms with Crippen molar-refractivity contribution in [1.82, 2.24) is 9.80 Å². The van der Waals surface area contributed by atoms with Gasteiger partial charge in [0.1, 0.15) is 11.5 Å². The van der Waals surface area contributed by atoms with Crippen LogP contribution in [0, 0.1) is 0 Å². The first-order chi connectivity index (χ1) is 15.6. The van der Waals surface area contributed by atoms with Gasteiger partial charge in [-0.1, -0.05) is 12.1 Å². The van der Waals surface area contributed by atoms with Crippen molar-refractivity contribution in [2.45, 2.75) is 13.8 Å². The highest BCUT2D eigenvalue weighted by molar-refractivity contribution is 5.80. The molecule has 1 fully saturated rings. The standard InChI is InChI=1S/C24H30N2O6/c1-3-29-19-9-11-20(12-10-19)31-17-23(27)25-13-15-26(16-14-25)24(28)18-32-22-8-6-5-7-21(22)30-4-2/h5-12H,3-4,13-18H2,1-2H3. The van der Waals surface area contributed by atoms with Crippen LogP contribution in [0.4, 0.5) is 0 Å². The minimum atomic E-state index is -0.117. The van der Waals surface area contributed by atoms with Crippen molar-refractivity contribution < 1.29 is 28.5 Å². The molecule has 2 amide bonds. The van der Waals surface area contributed by atoms with Gasteiger partial charge in [0.05, 0.1) is 13.2 Å². The number of carbonyl (C=O) groups is 2. The fraction of sp³-hybridized carbons (Fsp3) is 0.417. The lowest BCUT2D eigenvalue weighted by atomic mass is 10.3. The first-order valence-electron chi connectivity index (χ1n) is 10.9. The summed E-state index contributed by atoms with van der Waals surface area (Å²) in [6.07, 6.45) is 0. The molecule has 8 heteroatoms. The van der Waals surface area contributed by atoms with Crippen molar-refractivity contribution in [3.8, 4) is 23.0 Å². The summed E-state index contributed by atoms with van der Waals surface area (Å²) >= 11 is 0. The number of ether oxygens (including phenoxy) is 4. The molecule has 3 rings (SSSR count). The number of amides is 2. The second kappa shape index (κ2) is 11.8. The summed E-state index contributed by atoms with van der Waals surface area (Å²) < 4.78 is 22.2. The third-order valence-corrected chi connectivity index (χ3v) is 4.98. The van der Waals surface area contributed by atoms with Crippen LogP contribution >= 0.6 is 0 Å². The van der Waals surface area contributed by atoms with Crippen LogP contribution in [0.1, 0.15) is 13.8 Å². The Kier molecular flexibility index (Phi) is 8.60. The molecule has 0 aliphatic carbocycles. The van der Waals surface area contributed by atoms with Gasteiger partial charge in [-0.3, -0.25) is 9.59 Å². The van der Waals surface area contributed by atoms with Crippen molar-refractivity contribution in [1.29, 1.82) is 0 Å². The van der Waals surface area contributed by atoms with E-state index in [0.29, 0.717) is 56.6 Å². The van der Waals surface area contributed by atoms with E-state index in [9.17, 15) is 9.59 Å². The number of nitrogens with zero attached hydrogens (tertiary/aromatic N) is 2. The van der Waals surface area contributed by atoms with Gasteiger partial charge in [-0.25, -0.2) is 0 Å². The number of carbonyl (C=O) groups excluding carboxylic acids is 2. The maximum atomic E-state index is 12.5. The normalized spacial score (nSPS) is 13.4. The molecule has 172 valence electrons. The lowest BCUT2D eigenvalue weighted by Crippen LogP contribution is -2.52. The van der Waals surface area contributed by atoms with Gasteiger partial charge in [0, 0.05) is 26.2 Å². The maximum Gasteiger partial charge on any atom is 0.260 e. The van der Waals surface area contributed by atoms with Gasteiger partial charge < -0.3 is 28.7 Å². The monoisotopic (exact) mass is 442 g/mol. The highest BCUT2D eigenvalue weighted by Crippen LogP contribution is 2.26. The Morgan fingerprint density at radius 1 is 0.656 bits per heavy atom. The molecule has 0 spiro atoms. The van der Waals surface area contributed by atoms with Crippen LogP contribution in [0.25, 0.3) is 0 Å². The molecule has 2 aromatic rings. The molecule has 0 radical (unpaired) electrons. The maximum absolute atomic E-state index is 12.5. The summed E-state index contributed by atoms with van der Waals surface area (Å²) in [4.78, 5) is 28.4. The van der Waals surface area contributed by atoms with E-state index in [0.717, 1.165) is 5.75 Å². The van der Waals surface area contributed by atoms with Gasteiger partial charge in [-0.2, -0.15) is 0 Å². The van der Waals surface area contributed by atoms with Gasteiger partial charge in [-0.15, -0.1) is 0 Å². The second-order valence-corrected chi connectivity index (χ2v) is 7.12. The van der Waals surface area contributed by atoms with Crippen LogP contribution < -0.4 is 18.9 Å². The lowest BCUT2D eigenvalue weighted by molar-refractivity contribution is -0.141. The molecule has 0 N–H and O–H groups in total. The van der Waals surface area contributed by atoms with E-state index in [4.69, 9.17) is 18.9 Å². The van der Waals surface area contributed by atoms with Crippen LogP contribution in [-0.2, 0) is 9.59 Å². The van der Waals surface area contributed by atoms with Crippen molar-refractivity contribution in [2.24, 2.45) is 0 Å². The number of rotatable bonds is 10. The van der Waals surface area contributed by atoms with Crippen LogP contribution in [0.15, 0.2) is 48.5 Å². The predicted molar refractivity (Wildman–Crippen MR) is 119 cm³/mol. The first-order valence-corrected chi connectivity index (χ1v) is 10.9. The highest BCUT2D eigenvalue weighted by atomic mass is 16.5. The minimum absolute atomic E-state index is 0.0424. The highest BCUT2D eigenvalue weighted by Gasteiger charge is 2.24. The summed E-state index contributed by atoms with van der Waals surface area (Å²) in [6.45, 7) is 6.68. The topological polar surface area (TPSA) is 77.5 Å². The summed E-state index contributed by atoms with van der Waals surface area (Å²) in [7, 11) is 0. The summed E-state index contributed by atoms with van der Waals surface area (Å²) in [6, 6.07) is 14.4. The quantitative estimate of drug-likeness (QED) is 0.563. The fourth-order valence-electron chi connectivity index (χ4n) is 3.32. The van der Waals surface area contributed by atoms with E-state index in [-0.39, 0.29) is 25.0 Å². The van der Waals surface area contributed by atoms with Gasteiger partial charge >= 0.3 is 0 Å². The predicted octanol–water partition coefficient (Wildman–Crippen LogP) is 2.61. The fourth-order valence-corrected chi connectivity index (χ4v) is 3.32. The minimum Gasteiger partial charge on any atom is -0.494 e. The molecule has 1 aliphatic heterocycles. The molecule has 2 aromatic carbocycles. The second-order valence-electron chi connectivity index (χ2n) is 7.12. The van der Waals surface area contributed by atoms with Crippen molar-refractivity contribution in [3.63, 3.8) is 0 Å². The molecule has 8 nitrogen and oxygen atoms in total. The zero-order chi connectivity index (χ0) is 22.8. The Balaban J connectivity index is 1.40. The molecule has 1 aliphatic rings. The molecule has 0 unspecified atom stereocenters. The van der Waals surface area contributed by atoms with Crippen molar-refractivity contribution >= 4 is 11.8 Å². The molecular formula is C24H30N2O6. The van der Waals surface area contributed by atoms with Crippen molar-refractivity contribution in [3.05, 3.63) is 48.5 Å². The van der Waals surface area contributed by atoms with Crippen LogP contribution in [0.5, 0.6) is 23.0 Å². The third kappa shape index (κ3) is 6.54. The molecule has 0 atom stereocenters. The van der Waals surface area contributed by atoms with E-state index in [2.05, 4.69) is 0 Å². The molecule has 0 aromatic heterocycles. The average molecular weight is 443 g/mol. The zero-order valence-electron chi connectivity index (χ0n) is 18.6. The van der Waals surface area contributed by atoms with Crippen molar-refractivity contribution in [2.75, 3.05) is 52.6 Å². The zero-order valence-corrected chi connectivity index (χ0v) is 18.6. The molecule has 0 saturated carbocycles. The Bertz CT molecular complexity index is 878. The van der Waals surface area contributed by atoms with E-state index < -0.39 is 0 Å². The van der Waals surface area contributed by atoms with Gasteiger partial charge in [-0.05, 0) is 50.2 Å². The van der Waals surface area contributed by atoms with E-state index >= 15 is 0 Å². The van der Waals surface area contributed by atoms with Crippen LogP contribution in [-0.4, -0.2) is 74.2 Å². The summed E-state index contributed by atoms with van der Waals surface area (Å²) in [5, 5.41) is 0. The molecule has 1 saturated heterocycles. The Morgan fingerprint density at radius 2 is 1.09 bits per heavy atom. The molecule has 0 bridgehead atoms. The van der Waals surface area contributed by atoms with Gasteiger partial charge in [0.25, 0.3) is 11.8 Å². The van der Waals surface area contributed by atoms with Gasteiger partial charge in [0.2, 0.25) is 0 Å². The smallest absolute Gasteiger partial charge is 0.260 e. The number of para-hydroxylation sites is 2. The van der Waals surface area contributed by atoms with E-state index in [1.54, 1.807) is 28.0 Å². The SMILES string of the molecule is CCOc1ccc(OCC(=O)N2CCN(C(=O)COc3ccccc3OCC)CC2)cc1. The summed E-state index contributed by atoms with van der Waals surface area (Å²) in [5.74, 6) is 2.31. The average Bonchev–Trinajstić information content (AvgIpc) is 2.83. The molecular weight excluding hydrogens is 412 g/mol. The summed E-state index contributed by atoms with van der Waals surface area (Å²) in [5.41, 5.74) is 0. The first kappa shape index (κ1) is 23.2. The number of hydrogen-bond acceptors (Lipinski definition) is 6. The third-order valence-electron chi connectivity index (χ3n) is 4.98. The molecule has 32 heavy (non-hydrogen) atoms. The van der Waals surface area contributed by atoms with Gasteiger partial charge in [0.15, 0.2) is 24.7 Å². The number of benzene rings is 2. The number of hydrogen-bond donors (Lipinski definition) is 0. The Morgan fingerprint density at radius 3 is 1.59 bits per heavy atom. The lowest BCUT2D eigenvalue weighted by Gasteiger charge is -2.34. The van der Waals surface area contributed by atoms with E-state index in [1.807, 2.05) is 44.2 Å². The Labute approximate surface area is 188 Å². The Hall–Kier alpha value is -3.42. The largest absolute Gasteiger partial charge is 0.494 e. The molecule has 1 heterocycles. The van der Waals surface area contributed by atoms with E-state index in [1.165, 1.54) is 0 Å². The van der Waals surface area contributed by atoms with Crippen LogP contribution in [0.3, 0.4) is 0 Å². The number of piperazine rings is 1.